The average Bonchev–Trinajstić information content (AvgIpc) is 2.37. The number of hydrogen-bond donors (Lipinski definition) is 1. The van der Waals surface area contributed by atoms with Crippen molar-refractivity contribution in [2.45, 2.75) is 43.8 Å². The molecule has 0 saturated heterocycles. The Kier molecular flexibility index (Phi) is 4.73. The molecule has 2 rings (SSSR count). The first-order valence-electron chi connectivity index (χ1n) is 7.18. The molecule has 5 nitrogen and oxygen atoms in total. The molecule has 1 saturated carbocycles. The number of hydrogen-bond acceptors (Lipinski definition) is 6. The van der Waals surface area contributed by atoms with E-state index in [9.17, 15) is 0 Å². The lowest BCUT2D eigenvalue weighted by Crippen LogP contribution is -2.40. The Morgan fingerprint density at radius 2 is 1.95 bits per heavy atom. The van der Waals surface area contributed by atoms with Gasteiger partial charge in [0.05, 0.1) is 0 Å². The van der Waals surface area contributed by atoms with E-state index < -0.39 is 0 Å². The molecule has 0 spiro atoms. The van der Waals surface area contributed by atoms with Gasteiger partial charge in [-0.05, 0) is 19.1 Å². The van der Waals surface area contributed by atoms with Gasteiger partial charge in [0.1, 0.15) is 5.82 Å². The summed E-state index contributed by atoms with van der Waals surface area (Å²) >= 11 is 1.96. The first-order valence-corrected chi connectivity index (χ1v) is 8.40. The average molecular weight is 295 g/mol. The summed E-state index contributed by atoms with van der Waals surface area (Å²) in [6, 6.07) is 0. The molecule has 0 aromatic carbocycles. The van der Waals surface area contributed by atoms with Crippen molar-refractivity contribution in [3.05, 3.63) is 5.82 Å². The summed E-state index contributed by atoms with van der Waals surface area (Å²) in [6.45, 7) is 5.14. The molecule has 1 heterocycles. The van der Waals surface area contributed by atoms with Crippen molar-refractivity contribution >= 4 is 23.7 Å². The lowest BCUT2D eigenvalue weighted by atomic mass is 9.84. The van der Waals surface area contributed by atoms with Gasteiger partial charge in [0, 0.05) is 31.3 Å². The molecule has 1 aromatic heterocycles. The van der Waals surface area contributed by atoms with Crippen LogP contribution in [0.1, 0.15) is 44.9 Å². The second-order valence-corrected chi connectivity index (χ2v) is 7.23. The van der Waals surface area contributed by atoms with Gasteiger partial charge >= 0.3 is 0 Å². The summed E-state index contributed by atoms with van der Waals surface area (Å²) in [5.74, 6) is 2.57. The predicted molar refractivity (Wildman–Crippen MR) is 86.8 cm³/mol. The molecule has 1 aliphatic rings. The predicted octanol–water partition coefficient (Wildman–Crippen LogP) is 2.76. The highest BCUT2D eigenvalue weighted by Crippen LogP contribution is 2.42. The summed E-state index contributed by atoms with van der Waals surface area (Å²) < 4.78 is 0.378. The van der Waals surface area contributed by atoms with Crippen LogP contribution < -0.4 is 10.2 Å². The number of rotatable bonds is 6. The molecule has 0 atom stereocenters. The number of nitrogens with zero attached hydrogens (tertiary/aromatic N) is 4. The van der Waals surface area contributed by atoms with Gasteiger partial charge in [-0.15, -0.1) is 0 Å². The van der Waals surface area contributed by atoms with Gasteiger partial charge in [0.2, 0.25) is 11.9 Å². The van der Waals surface area contributed by atoms with Crippen LogP contribution in [0.4, 0.5) is 11.9 Å². The van der Waals surface area contributed by atoms with Crippen LogP contribution in [-0.2, 0) is 0 Å². The van der Waals surface area contributed by atoms with E-state index in [1.54, 1.807) is 0 Å². The van der Waals surface area contributed by atoms with E-state index in [2.05, 4.69) is 40.4 Å². The Balaban J connectivity index is 2.13. The van der Waals surface area contributed by atoms with E-state index in [0.29, 0.717) is 16.6 Å². The van der Waals surface area contributed by atoms with Crippen LogP contribution in [0.5, 0.6) is 0 Å². The fraction of sp³-hybridized carbons (Fsp3) is 0.786. The van der Waals surface area contributed by atoms with Crippen LogP contribution in [0, 0.1) is 0 Å². The highest BCUT2D eigenvalue weighted by atomic mass is 32.2. The number of thioether (sulfide) groups is 1. The summed E-state index contributed by atoms with van der Waals surface area (Å²) in [6.07, 6.45) is 6.09. The van der Waals surface area contributed by atoms with Gasteiger partial charge in [-0.1, -0.05) is 20.3 Å². The standard InChI is InChI=1S/C14H25N5S/c1-10(2)11-16-12(18-13(17-11)19(3)4)15-9-14(20-5)7-6-8-14/h10H,6-9H2,1-5H3,(H,15,16,17,18). The highest BCUT2D eigenvalue weighted by molar-refractivity contribution is 8.00. The van der Waals surface area contributed by atoms with Gasteiger partial charge in [0.15, 0.2) is 0 Å². The Morgan fingerprint density at radius 1 is 1.25 bits per heavy atom. The van der Waals surface area contributed by atoms with Gasteiger partial charge in [-0.3, -0.25) is 0 Å². The van der Waals surface area contributed by atoms with Crippen molar-refractivity contribution in [1.29, 1.82) is 0 Å². The minimum Gasteiger partial charge on any atom is -0.353 e. The van der Waals surface area contributed by atoms with E-state index in [0.717, 1.165) is 18.3 Å². The molecule has 0 unspecified atom stereocenters. The topological polar surface area (TPSA) is 53.9 Å². The van der Waals surface area contributed by atoms with Crippen molar-refractivity contribution in [1.82, 2.24) is 15.0 Å². The smallest absolute Gasteiger partial charge is 0.229 e. The van der Waals surface area contributed by atoms with Crippen molar-refractivity contribution in [2.75, 3.05) is 37.1 Å². The summed E-state index contributed by atoms with van der Waals surface area (Å²) in [5.41, 5.74) is 0. The second kappa shape index (κ2) is 6.16. The molecule has 6 heteroatoms. The summed E-state index contributed by atoms with van der Waals surface area (Å²) in [7, 11) is 3.91. The maximum absolute atomic E-state index is 4.54. The molecule has 1 aliphatic carbocycles. The van der Waals surface area contributed by atoms with Gasteiger partial charge in [-0.25, -0.2) is 0 Å². The molecule has 0 bridgehead atoms. The van der Waals surface area contributed by atoms with Crippen LogP contribution >= 0.6 is 11.8 Å². The van der Waals surface area contributed by atoms with E-state index in [1.807, 2.05) is 30.8 Å². The monoisotopic (exact) mass is 295 g/mol. The first-order chi connectivity index (χ1) is 9.46. The zero-order valence-electron chi connectivity index (χ0n) is 13.1. The van der Waals surface area contributed by atoms with Crippen LogP contribution in [0.25, 0.3) is 0 Å². The largest absolute Gasteiger partial charge is 0.353 e. The Bertz CT molecular complexity index is 425. The first kappa shape index (κ1) is 15.4. The molecular formula is C14H25N5S. The third kappa shape index (κ3) is 3.34. The van der Waals surface area contributed by atoms with Gasteiger partial charge in [0.25, 0.3) is 0 Å². The quantitative estimate of drug-likeness (QED) is 0.871. The zero-order valence-corrected chi connectivity index (χ0v) is 13.9. The minimum atomic E-state index is 0.301. The molecule has 1 N–H and O–H groups in total. The molecule has 1 fully saturated rings. The van der Waals surface area contributed by atoms with E-state index in [1.165, 1.54) is 19.3 Å². The molecule has 0 aliphatic heterocycles. The SMILES string of the molecule is CSC1(CNc2nc(C(C)C)nc(N(C)C)n2)CCC1. The fourth-order valence-corrected chi connectivity index (χ4v) is 3.10. The van der Waals surface area contributed by atoms with E-state index in [-0.39, 0.29) is 0 Å². The zero-order chi connectivity index (χ0) is 14.8. The molecule has 20 heavy (non-hydrogen) atoms. The Hall–Kier alpha value is -1.04. The van der Waals surface area contributed by atoms with Crippen molar-refractivity contribution in [3.8, 4) is 0 Å². The normalized spacial score (nSPS) is 16.9. The van der Waals surface area contributed by atoms with Crippen molar-refractivity contribution in [3.63, 3.8) is 0 Å². The summed E-state index contributed by atoms with van der Waals surface area (Å²) in [5, 5.41) is 3.42. The molecular weight excluding hydrogens is 270 g/mol. The Morgan fingerprint density at radius 3 is 2.40 bits per heavy atom. The van der Waals surface area contributed by atoms with Crippen LogP contribution in [0.2, 0.25) is 0 Å². The second-order valence-electron chi connectivity index (χ2n) is 5.96. The lowest BCUT2D eigenvalue weighted by Gasteiger charge is -2.40. The lowest BCUT2D eigenvalue weighted by molar-refractivity contribution is 0.379. The number of nitrogens with one attached hydrogen (secondary N) is 1. The third-order valence-electron chi connectivity index (χ3n) is 3.82. The van der Waals surface area contributed by atoms with Crippen molar-refractivity contribution < 1.29 is 0 Å². The Labute approximate surface area is 126 Å². The fourth-order valence-electron chi connectivity index (χ4n) is 2.18. The number of aromatic nitrogens is 3. The van der Waals surface area contributed by atoms with Crippen molar-refractivity contribution in [2.24, 2.45) is 0 Å². The van der Waals surface area contributed by atoms with Crippen LogP contribution in [-0.4, -0.2) is 46.6 Å². The third-order valence-corrected chi connectivity index (χ3v) is 5.24. The molecule has 112 valence electrons. The maximum atomic E-state index is 4.54. The van der Waals surface area contributed by atoms with E-state index in [4.69, 9.17) is 0 Å². The van der Waals surface area contributed by atoms with Crippen LogP contribution in [0.3, 0.4) is 0 Å². The summed E-state index contributed by atoms with van der Waals surface area (Å²) in [4.78, 5) is 15.4. The molecule has 0 radical (unpaired) electrons. The van der Waals surface area contributed by atoms with Crippen LogP contribution in [0.15, 0.2) is 0 Å². The van der Waals surface area contributed by atoms with Gasteiger partial charge in [-0.2, -0.15) is 26.7 Å². The minimum absolute atomic E-state index is 0.301. The molecule has 1 aromatic rings. The maximum Gasteiger partial charge on any atom is 0.229 e. The van der Waals surface area contributed by atoms with Gasteiger partial charge < -0.3 is 10.2 Å². The number of anilines is 2. The molecule has 0 amide bonds. The highest BCUT2D eigenvalue weighted by Gasteiger charge is 2.36. The van der Waals surface area contributed by atoms with E-state index >= 15 is 0 Å².